The third kappa shape index (κ3) is 4.67. The Morgan fingerprint density at radius 1 is 1.06 bits per heavy atom. The molecule has 10 heteroatoms. The summed E-state index contributed by atoms with van der Waals surface area (Å²) in [6.07, 6.45) is 4.52. The monoisotopic (exact) mass is 470 g/mol. The average Bonchev–Trinajstić information content (AvgIpc) is 3.53. The lowest BCUT2D eigenvalue weighted by Gasteiger charge is -2.11. The zero-order chi connectivity index (χ0) is 24.2. The van der Waals surface area contributed by atoms with E-state index in [2.05, 4.69) is 20.1 Å². The summed E-state index contributed by atoms with van der Waals surface area (Å²) in [6, 6.07) is 16.8. The van der Waals surface area contributed by atoms with Crippen LogP contribution >= 0.6 is 0 Å². The predicted molar refractivity (Wildman–Crippen MR) is 126 cm³/mol. The molecule has 0 spiro atoms. The van der Waals surface area contributed by atoms with Crippen LogP contribution in [0.2, 0.25) is 0 Å². The van der Waals surface area contributed by atoms with Crippen LogP contribution in [0.15, 0.2) is 73.3 Å². The number of phenolic OH excluding ortho intramolecular Hbond substituents is 1. The van der Waals surface area contributed by atoms with Gasteiger partial charge < -0.3 is 19.1 Å². The van der Waals surface area contributed by atoms with Crippen molar-refractivity contribution in [1.29, 1.82) is 0 Å². The second-order valence-corrected chi connectivity index (χ2v) is 7.67. The van der Waals surface area contributed by atoms with Crippen molar-refractivity contribution in [3.63, 3.8) is 0 Å². The third-order valence-electron chi connectivity index (χ3n) is 5.28. The van der Waals surface area contributed by atoms with Crippen molar-refractivity contribution < 1.29 is 19.4 Å². The van der Waals surface area contributed by atoms with Gasteiger partial charge in [-0.2, -0.15) is 15.1 Å². The van der Waals surface area contributed by atoms with Gasteiger partial charge in [-0.25, -0.2) is 14.5 Å². The van der Waals surface area contributed by atoms with Crippen molar-refractivity contribution in [2.45, 2.75) is 20.1 Å². The summed E-state index contributed by atoms with van der Waals surface area (Å²) in [5.74, 6) is 0.202. The number of hydrogen-bond donors (Lipinski definition) is 1. The first-order valence-corrected chi connectivity index (χ1v) is 11.0. The Hall–Kier alpha value is -4.73. The Morgan fingerprint density at radius 3 is 2.66 bits per heavy atom. The average molecular weight is 470 g/mol. The van der Waals surface area contributed by atoms with Crippen molar-refractivity contribution in [1.82, 2.24) is 29.3 Å². The standard InChI is InChI=1S/C25H22N6O4/c1-2-34-24(33)19-12-27-31(14-19)25-28-22-21(23(29-25)35-15-17-8-4-3-5-9-17)30(16-26-22)13-18-10-6-7-11-20(18)32/h3-12,14,16,32H,2,13,15H2,1H3. The highest BCUT2D eigenvalue weighted by Gasteiger charge is 2.19. The van der Waals surface area contributed by atoms with Gasteiger partial charge in [-0.15, -0.1) is 0 Å². The topological polar surface area (TPSA) is 117 Å². The van der Waals surface area contributed by atoms with Crippen molar-refractivity contribution >= 4 is 17.1 Å². The summed E-state index contributed by atoms with van der Waals surface area (Å²) < 4.78 is 14.4. The Balaban J connectivity index is 1.55. The molecule has 0 saturated carbocycles. The van der Waals surface area contributed by atoms with E-state index >= 15 is 0 Å². The number of carbonyl (C=O) groups is 1. The van der Waals surface area contributed by atoms with Gasteiger partial charge in [0.05, 0.1) is 31.2 Å². The number of carbonyl (C=O) groups excluding carboxylic acids is 1. The summed E-state index contributed by atoms with van der Waals surface area (Å²) in [6.45, 7) is 2.63. The molecule has 0 aliphatic carbocycles. The fourth-order valence-electron chi connectivity index (χ4n) is 3.56. The molecule has 0 saturated heterocycles. The molecule has 176 valence electrons. The molecule has 0 amide bonds. The molecule has 0 bridgehead atoms. The Labute approximate surface area is 200 Å². The van der Waals surface area contributed by atoms with E-state index in [1.807, 2.05) is 47.0 Å². The van der Waals surface area contributed by atoms with E-state index in [4.69, 9.17) is 9.47 Å². The van der Waals surface area contributed by atoms with Gasteiger partial charge in [-0.05, 0) is 18.6 Å². The van der Waals surface area contributed by atoms with E-state index in [1.165, 1.54) is 17.1 Å². The maximum absolute atomic E-state index is 12.1. The van der Waals surface area contributed by atoms with Crippen LogP contribution in [0.3, 0.4) is 0 Å². The highest BCUT2D eigenvalue weighted by molar-refractivity contribution is 5.88. The summed E-state index contributed by atoms with van der Waals surface area (Å²) in [7, 11) is 0. The van der Waals surface area contributed by atoms with Crippen LogP contribution in [0.25, 0.3) is 17.1 Å². The quantitative estimate of drug-likeness (QED) is 0.342. The van der Waals surface area contributed by atoms with Gasteiger partial charge in [0.25, 0.3) is 5.95 Å². The lowest BCUT2D eigenvalue weighted by atomic mass is 10.2. The van der Waals surface area contributed by atoms with E-state index in [1.54, 1.807) is 25.4 Å². The Bertz CT molecular complexity index is 1480. The van der Waals surface area contributed by atoms with Crippen molar-refractivity contribution in [3.05, 3.63) is 90.0 Å². The van der Waals surface area contributed by atoms with Gasteiger partial charge in [0.1, 0.15) is 12.4 Å². The molecule has 3 heterocycles. The molecule has 35 heavy (non-hydrogen) atoms. The smallest absolute Gasteiger partial charge is 0.341 e. The first kappa shape index (κ1) is 22.1. The number of hydrogen-bond acceptors (Lipinski definition) is 8. The number of aromatic hydroxyl groups is 1. The maximum atomic E-state index is 12.1. The van der Waals surface area contributed by atoms with Crippen molar-refractivity contribution in [3.8, 4) is 17.6 Å². The number of para-hydroxylation sites is 1. The van der Waals surface area contributed by atoms with Crippen LogP contribution in [0.5, 0.6) is 11.6 Å². The van der Waals surface area contributed by atoms with Gasteiger partial charge in [-0.1, -0.05) is 48.5 Å². The van der Waals surface area contributed by atoms with Gasteiger partial charge in [0.15, 0.2) is 11.2 Å². The highest BCUT2D eigenvalue weighted by Crippen LogP contribution is 2.26. The van der Waals surface area contributed by atoms with E-state index < -0.39 is 5.97 Å². The molecule has 10 nitrogen and oxygen atoms in total. The summed E-state index contributed by atoms with van der Waals surface area (Å²) >= 11 is 0. The van der Waals surface area contributed by atoms with Crippen LogP contribution in [-0.2, 0) is 17.9 Å². The summed E-state index contributed by atoms with van der Waals surface area (Å²) in [5, 5.41) is 14.4. The first-order chi connectivity index (χ1) is 17.1. The van der Waals surface area contributed by atoms with Crippen LogP contribution in [0.4, 0.5) is 0 Å². The summed E-state index contributed by atoms with van der Waals surface area (Å²) in [4.78, 5) is 25.6. The van der Waals surface area contributed by atoms with E-state index in [-0.39, 0.29) is 30.5 Å². The van der Waals surface area contributed by atoms with Crippen LogP contribution in [0, 0.1) is 0 Å². The second kappa shape index (κ2) is 9.64. The number of aromatic nitrogens is 6. The molecule has 2 aromatic carbocycles. The minimum absolute atomic E-state index is 0.182. The number of nitrogens with zero attached hydrogens (tertiary/aromatic N) is 6. The Morgan fingerprint density at radius 2 is 1.86 bits per heavy atom. The van der Waals surface area contributed by atoms with Crippen LogP contribution in [-0.4, -0.2) is 47.0 Å². The number of fused-ring (bicyclic) bond motifs is 1. The zero-order valence-corrected chi connectivity index (χ0v) is 18.9. The van der Waals surface area contributed by atoms with Gasteiger partial charge in [0.2, 0.25) is 5.88 Å². The van der Waals surface area contributed by atoms with Crippen LogP contribution in [0.1, 0.15) is 28.4 Å². The van der Waals surface area contributed by atoms with Gasteiger partial charge in [-0.3, -0.25) is 0 Å². The van der Waals surface area contributed by atoms with Crippen molar-refractivity contribution in [2.24, 2.45) is 0 Å². The lowest BCUT2D eigenvalue weighted by Crippen LogP contribution is -2.08. The Kier molecular flexibility index (Phi) is 6.08. The van der Waals surface area contributed by atoms with E-state index in [0.29, 0.717) is 23.6 Å². The molecule has 0 aliphatic rings. The molecule has 5 rings (SSSR count). The normalized spacial score (nSPS) is 11.0. The molecular formula is C25H22N6O4. The molecule has 0 atom stereocenters. The highest BCUT2D eigenvalue weighted by atomic mass is 16.5. The second-order valence-electron chi connectivity index (χ2n) is 7.67. The van der Waals surface area contributed by atoms with Crippen LogP contribution < -0.4 is 4.74 Å². The number of imidazole rings is 1. The van der Waals surface area contributed by atoms with Crippen molar-refractivity contribution in [2.75, 3.05) is 6.61 Å². The predicted octanol–water partition coefficient (Wildman–Crippen LogP) is 3.52. The SMILES string of the molecule is CCOC(=O)c1cnn(-c2nc(OCc3ccccc3)c3c(ncn3Cc3ccccc3O)n2)c1. The van der Waals surface area contributed by atoms with Gasteiger partial charge >= 0.3 is 5.97 Å². The van der Waals surface area contributed by atoms with E-state index in [9.17, 15) is 9.90 Å². The largest absolute Gasteiger partial charge is 0.508 e. The minimum atomic E-state index is -0.479. The first-order valence-electron chi connectivity index (χ1n) is 11.0. The third-order valence-corrected chi connectivity index (χ3v) is 5.28. The maximum Gasteiger partial charge on any atom is 0.341 e. The lowest BCUT2D eigenvalue weighted by molar-refractivity contribution is 0.0526. The molecule has 0 unspecified atom stereocenters. The van der Waals surface area contributed by atoms with E-state index in [0.717, 1.165) is 11.1 Å². The number of rotatable bonds is 8. The molecule has 0 fully saturated rings. The number of esters is 1. The fourth-order valence-corrected chi connectivity index (χ4v) is 3.56. The zero-order valence-electron chi connectivity index (χ0n) is 18.9. The minimum Gasteiger partial charge on any atom is -0.508 e. The number of benzene rings is 2. The summed E-state index contributed by atoms with van der Waals surface area (Å²) in [5.41, 5.74) is 2.94. The molecule has 0 radical (unpaired) electrons. The fraction of sp³-hybridized carbons (Fsp3) is 0.160. The van der Waals surface area contributed by atoms with Gasteiger partial charge in [0, 0.05) is 11.8 Å². The molecule has 5 aromatic rings. The molecule has 0 aliphatic heterocycles. The molecule has 1 N–H and O–H groups in total. The molecule has 3 aromatic heterocycles. The molecular weight excluding hydrogens is 448 g/mol. The number of ether oxygens (including phenoxy) is 2. The number of phenols is 1.